The van der Waals surface area contributed by atoms with Crippen LogP contribution < -0.4 is 0 Å². The molecule has 0 spiro atoms. The van der Waals surface area contributed by atoms with Crippen molar-refractivity contribution in [3.05, 3.63) is 0 Å². The van der Waals surface area contributed by atoms with E-state index in [4.69, 9.17) is 37.0 Å². The highest BCUT2D eigenvalue weighted by Crippen LogP contribution is 2.45. The lowest BCUT2D eigenvalue weighted by atomic mass is 10.00. The van der Waals surface area contributed by atoms with Gasteiger partial charge in [0.05, 0.1) is 26.4 Å². The Hall–Kier alpha value is -1.94. The van der Waals surface area contributed by atoms with Crippen LogP contribution in [0.5, 0.6) is 0 Å². The number of carbonyl (C=O) groups is 4. The number of esters is 4. The standard InChI is InChI=1S/C63H122O17P2/c1-6-10-13-16-19-21-22-23-24-25-26-27-28-29-32-39-44-49-63(68)80-59(53-74-61(66)47-42-37-34-33-35-40-45-56(5)9-4)55-78-82(71,72)76-51-57(64)50-75-81(69,70)77-54-58(52-73-60(65)46-41-36-30-18-15-12-8-3)79-62(67)48-43-38-31-20-17-14-11-7-2/h56-59,64H,6-55H2,1-5H3,(H,69,70)(H,71,72)/t56?,57-,58+,59+/m0/s1. The lowest BCUT2D eigenvalue weighted by molar-refractivity contribution is -0.161. The van der Waals surface area contributed by atoms with E-state index in [1.54, 1.807) is 0 Å². The molecule has 0 aliphatic heterocycles. The Bertz CT molecular complexity index is 1600. The van der Waals surface area contributed by atoms with Crippen molar-refractivity contribution in [2.45, 2.75) is 335 Å². The van der Waals surface area contributed by atoms with E-state index in [1.807, 2.05) is 0 Å². The maximum Gasteiger partial charge on any atom is 0.472 e. The van der Waals surface area contributed by atoms with Crippen LogP contribution in [0, 0.1) is 5.92 Å². The summed E-state index contributed by atoms with van der Waals surface area (Å²) >= 11 is 0. The molecule has 19 heteroatoms. The second-order valence-electron chi connectivity index (χ2n) is 23.0. The van der Waals surface area contributed by atoms with Crippen LogP contribution in [0.4, 0.5) is 0 Å². The zero-order chi connectivity index (χ0) is 60.6. The molecule has 0 aliphatic rings. The molecule has 0 aromatic rings. The Kier molecular flexibility index (Phi) is 55.5. The minimum absolute atomic E-state index is 0.104. The number of rotatable bonds is 63. The van der Waals surface area contributed by atoms with E-state index < -0.39 is 97.5 Å². The van der Waals surface area contributed by atoms with Crippen LogP contribution in [0.25, 0.3) is 0 Å². The first-order valence-electron chi connectivity index (χ1n) is 33.2. The van der Waals surface area contributed by atoms with Crippen molar-refractivity contribution < 1.29 is 80.2 Å². The SMILES string of the molecule is CCCCCCCCCCCCCCCCCCCC(=O)O[C@H](COC(=O)CCCCCCCCC(C)CC)COP(=O)(O)OC[C@@H](O)COP(=O)(O)OC[C@@H](COC(=O)CCCCCCCCC)OC(=O)CCCCCCCCCC. The van der Waals surface area contributed by atoms with Crippen molar-refractivity contribution in [3.63, 3.8) is 0 Å². The lowest BCUT2D eigenvalue weighted by Crippen LogP contribution is -2.30. The molecule has 0 aliphatic carbocycles. The molecule has 3 N–H and O–H groups in total. The molecule has 486 valence electrons. The van der Waals surface area contributed by atoms with E-state index in [2.05, 4.69) is 34.6 Å². The zero-order valence-electron chi connectivity index (χ0n) is 52.6. The van der Waals surface area contributed by atoms with Gasteiger partial charge in [-0.15, -0.1) is 0 Å². The molecule has 3 unspecified atom stereocenters. The van der Waals surface area contributed by atoms with Crippen LogP contribution >= 0.6 is 15.6 Å². The van der Waals surface area contributed by atoms with Crippen LogP contribution in [0.15, 0.2) is 0 Å². The first kappa shape index (κ1) is 80.1. The summed E-state index contributed by atoms with van der Waals surface area (Å²) in [5.41, 5.74) is 0. The van der Waals surface area contributed by atoms with Crippen LogP contribution in [-0.4, -0.2) is 96.7 Å². The van der Waals surface area contributed by atoms with Gasteiger partial charge in [-0.3, -0.25) is 37.3 Å². The summed E-state index contributed by atoms with van der Waals surface area (Å²) < 4.78 is 67.8. The number of ether oxygens (including phenoxy) is 4. The van der Waals surface area contributed by atoms with Gasteiger partial charge in [0.2, 0.25) is 0 Å². The molecule has 6 atom stereocenters. The first-order chi connectivity index (χ1) is 39.6. The number of hydrogen-bond donors (Lipinski definition) is 3. The van der Waals surface area contributed by atoms with Crippen LogP contribution in [0.3, 0.4) is 0 Å². The Morgan fingerprint density at radius 2 is 0.585 bits per heavy atom. The van der Waals surface area contributed by atoms with Crippen molar-refractivity contribution in [2.24, 2.45) is 5.92 Å². The Balaban J connectivity index is 5.16. The summed E-state index contributed by atoms with van der Waals surface area (Å²) in [5.74, 6) is -1.41. The number of hydrogen-bond acceptors (Lipinski definition) is 15. The van der Waals surface area contributed by atoms with E-state index in [0.717, 1.165) is 121 Å². The molecule has 0 heterocycles. The highest BCUT2D eigenvalue weighted by atomic mass is 31.2. The van der Waals surface area contributed by atoms with E-state index in [9.17, 15) is 43.2 Å². The van der Waals surface area contributed by atoms with Gasteiger partial charge in [0.25, 0.3) is 0 Å². The fourth-order valence-electron chi connectivity index (χ4n) is 9.37. The van der Waals surface area contributed by atoms with Gasteiger partial charge in [0, 0.05) is 25.7 Å². The van der Waals surface area contributed by atoms with Crippen molar-refractivity contribution in [1.29, 1.82) is 0 Å². The van der Waals surface area contributed by atoms with Crippen molar-refractivity contribution in [3.8, 4) is 0 Å². The van der Waals surface area contributed by atoms with Gasteiger partial charge in [-0.05, 0) is 31.6 Å². The molecule has 0 saturated heterocycles. The maximum absolute atomic E-state index is 13.0. The summed E-state index contributed by atoms with van der Waals surface area (Å²) in [6, 6.07) is 0. The summed E-state index contributed by atoms with van der Waals surface area (Å²) in [4.78, 5) is 72.0. The van der Waals surface area contributed by atoms with Crippen molar-refractivity contribution in [2.75, 3.05) is 39.6 Å². The molecule has 0 amide bonds. The lowest BCUT2D eigenvalue weighted by Gasteiger charge is -2.21. The molecule has 0 aromatic heterocycles. The monoisotopic (exact) mass is 1210 g/mol. The number of aliphatic hydroxyl groups excluding tert-OH is 1. The molecule has 0 aromatic carbocycles. The largest absolute Gasteiger partial charge is 0.472 e. The van der Waals surface area contributed by atoms with E-state index in [1.165, 1.54) is 116 Å². The van der Waals surface area contributed by atoms with E-state index in [-0.39, 0.29) is 25.7 Å². The average molecular weight is 1210 g/mol. The van der Waals surface area contributed by atoms with Gasteiger partial charge in [0.1, 0.15) is 19.3 Å². The molecule has 0 bridgehead atoms. The third-order valence-corrected chi connectivity index (χ3v) is 16.8. The quantitative estimate of drug-likeness (QED) is 0.0222. The second kappa shape index (κ2) is 56.8. The molecule has 0 rings (SSSR count). The minimum atomic E-state index is -4.94. The van der Waals surface area contributed by atoms with E-state index >= 15 is 0 Å². The van der Waals surface area contributed by atoms with Gasteiger partial charge in [-0.25, -0.2) is 9.13 Å². The van der Waals surface area contributed by atoms with Crippen LogP contribution in [-0.2, 0) is 65.4 Å². The molecule has 82 heavy (non-hydrogen) atoms. The second-order valence-corrected chi connectivity index (χ2v) is 25.9. The predicted molar refractivity (Wildman–Crippen MR) is 326 cm³/mol. The molecular weight excluding hydrogens is 1090 g/mol. The Labute approximate surface area is 498 Å². The maximum atomic E-state index is 13.0. The normalized spacial score (nSPS) is 14.6. The van der Waals surface area contributed by atoms with Gasteiger partial charge < -0.3 is 33.8 Å². The smallest absolute Gasteiger partial charge is 0.462 e. The fraction of sp³-hybridized carbons (Fsp3) is 0.937. The number of aliphatic hydroxyl groups is 1. The Morgan fingerprint density at radius 1 is 0.341 bits per heavy atom. The summed E-state index contributed by atoms with van der Waals surface area (Å²) in [6.07, 6.45) is 40.6. The number of phosphoric ester groups is 2. The number of phosphoric acid groups is 2. The number of unbranched alkanes of at least 4 members (excludes halogenated alkanes) is 34. The molecule has 0 radical (unpaired) electrons. The summed E-state index contributed by atoms with van der Waals surface area (Å²) in [5, 5.41) is 10.5. The van der Waals surface area contributed by atoms with E-state index in [0.29, 0.717) is 25.7 Å². The summed E-state index contributed by atoms with van der Waals surface area (Å²) in [7, 11) is -9.88. The zero-order valence-corrected chi connectivity index (χ0v) is 54.4. The highest BCUT2D eigenvalue weighted by Gasteiger charge is 2.30. The highest BCUT2D eigenvalue weighted by molar-refractivity contribution is 7.47. The van der Waals surface area contributed by atoms with Crippen LogP contribution in [0.2, 0.25) is 0 Å². The van der Waals surface area contributed by atoms with Crippen molar-refractivity contribution in [1.82, 2.24) is 0 Å². The fourth-order valence-corrected chi connectivity index (χ4v) is 11.0. The molecule has 0 saturated carbocycles. The van der Waals surface area contributed by atoms with Gasteiger partial charge >= 0.3 is 39.5 Å². The topological polar surface area (TPSA) is 237 Å². The Morgan fingerprint density at radius 3 is 0.866 bits per heavy atom. The van der Waals surface area contributed by atoms with Gasteiger partial charge in [-0.1, -0.05) is 266 Å². The van der Waals surface area contributed by atoms with Gasteiger partial charge in [-0.2, -0.15) is 0 Å². The predicted octanol–water partition coefficient (Wildman–Crippen LogP) is 17.4. The minimum Gasteiger partial charge on any atom is -0.462 e. The van der Waals surface area contributed by atoms with Crippen molar-refractivity contribution >= 4 is 39.5 Å². The van der Waals surface area contributed by atoms with Gasteiger partial charge in [0.15, 0.2) is 12.2 Å². The average Bonchev–Trinajstić information content (AvgIpc) is 3.46. The number of carbonyl (C=O) groups excluding carboxylic acids is 4. The molecular formula is C63H122O17P2. The molecule has 17 nitrogen and oxygen atoms in total. The third kappa shape index (κ3) is 55.9. The molecule has 0 fully saturated rings. The van der Waals surface area contributed by atoms with Crippen LogP contribution in [0.1, 0.15) is 317 Å². The first-order valence-corrected chi connectivity index (χ1v) is 36.2. The third-order valence-electron chi connectivity index (χ3n) is 14.9. The summed E-state index contributed by atoms with van der Waals surface area (Å²) in [6.45, 7) is 7.08.